The Kier molecular flexibility index (Phi) is 4.27. The molecule has 3 rings (SSSR count). The predicted octanol–water partition coefficient (Wildman–Crippen LogP) is 1.75. The first-order valence-corrected chi connectivity index (χ1v) is 7.34. The number of halogens is 3. The molecule has 0 unspecified atom stereocenters. The summed E-state index contributed by atoms with van der Waals surface area (Å²) in [7, 11) is 3.09. The third kappa shape index (κ3) is 3.52. The van der Waals surface area contributed by atoms with Gasteiger partial charge in [-0.3, -0.25) is 14.5 Å². The number of carbonyl (C=O) groups excluding carboxylic acids is 1. The molecule has 1 aliphatic rings. The highest BCUT2D eigenvalue weighted by atomic mass is 19.4. The Morgan fingerprint density at radius 1 is 1.36 bits per heavy atom. The van der Waals surface area contributed by atoms with Crippen LogP contribution in [0, 0.1) is 0 Å². The number of ether oxygens (including phenoxy) is 2. The van der Waals surface area contributed by atoms with Crippen LogP contribution < -0.4 is 9.47 Å². The second-order valence-corrected chi connectivity index (χ2v) is 5.55. The van der Waals surface area contributed by atoms with Crippen molar-refractivity contribution >= 4 is 5.91 Å². The molecule has 1 saturated heterocycles. The monoisotopic (exact) mass is 356 g/mol. The maximum Gasteiger partial charge on any atom is 0.433 e. The number of nitrogens with zero attached hydrogens (tertiary/aromatic N) is 4. The molecule has 1 aliphatic heterocycles. The van der Waals surface area contributed by atoms with E-state index in [2.05, 4.69) is 10.1 Å². The fraction of sp³-hybridized carbons (Fsp3) is 0.400. The summed E-state index contributed by atoms with van der Waals surface area (Å²) in [6.07, 6.45) is -2.32. The molecule has 2 aromatic rings. The number of likely N-dealkylation sites (tertiary alicyclic amines) is 1. The van der Waals surface area contributed by atoms with Crippen LogP contribution in [-0.4, -0.2) is 51.9 Å². The SMILES string of the molecule is COc1nn(C)cc1C(=O)N1CC(Oc2ccnc(C(F)(F)F)c2)C1. The predicted molar refractivity (Wildman–Crippen MR) is 79.3 cm³/mol. The van der Waals surface area contributed by atoms with E-state index in [1.165, 1.54) is 22.8 Å². The second-order valence-electron chi connectivity index (χ2n) is 5.55. The van der Waals surface area contributed by atoms with Crippen molar-refractivity contribution in [1.82, 2.24) is 19.7 Å². The first-order valence-electron chi connectivity index (χ1n) is 7.34. The summed E-state index contributed by atoms with van der Waals surface area (Å²) in [5, 5.41) is 4.01. The molecule has 0 radical (unpaired) electrons. The van der Waals surface area contributed by atoms with E-state index >= 15 is 0 Å². The molecule has 0 aromatic carbocycles. The normalized spacial score (nSPS) is 15.0. The van der Waals surface area contributed by atoms with Crippen LogP contribution in [0.1, 0.15) is 16.1 Å². The number of aryl methyl sites for hydroxylation is 1. The Labute approximate surface area is 141 Å². The number of carbonyl (C=O) groups is 1. The first-order chi connectivity index (χ1) is 11.8. The van der Waals surface area contributed by atoms with Crippen molar-refractivity contribution in [1.29, 1.82) is 0 Å². The lowest BCUT2D eigenvalue weighted by Crippen LogP contribution is -2.56. The van der Waals surface area contributed by atoms with E-state index < -0.39 is 11.9 Å². The lowest BCUT2D eigenvalue weighted by Gasteiger charge is -2.38. The second kappa shape index (κ2) is 6.26. The summed E-state index contributed by atoms with van der Waals surface area (Å²) in [5.74, 6) is 0.0229. The zero-order valence-electron chi connectivity index (χ0n) is 13.4. The van der Waals surface area contributed by atoms with Crippen LogP contribution in [0.5, 0.6) is 11.6 Å². The van der Waals surface area contributed by atoms with E-state index in [0.717, 1.165) is 12.3 Å². The maximum atomic E-state index is 12.6. The van der Waals surface area contributed by atoms with Gasteiger partial charge in [-0.1, -0.05) is 0 Å². The summed E-state index contributed by atoms with van der Waals surface area (Å²) in [6, 6.07) is 2.19. The molecule has 0 spiro atoms. The Morgan fingerprint density at radius 3 is 2.72 bits per heavy atom. The quantitative estimate of drug-likeness (QED) is 0.835. The van der Waals surface area contributed by atoms with Crippen molar-refractivity contribution in [3.8, 4) is 11.6 Å². The van der Waals surface area contributed by atoms with Gasteiger partial charge in [0.25, 0.3) is 5.91 Å². The smallest absolute Gasteiger partial charge is 0.433 e. The standard InChI is InChI=1S/C15H15F3N4O3/c1-21-8-11(13(20-21)24-2)14(23)22-6-10(7-22)25-9-3-4-19-12(5-9)15(16,17)18/h3-5,8,10H,6-7H2,1-2H3. The van der Waals surface area contributed by atoms with Gasteiger partial charge in [0.15, 0.2) is 0 Å². The average Bonchev–Trinajstić information content (AvgIpc) is 2.90. The highest BCUT2D eigenvalue weighted by molar-refractivity contribution is 5.96. The fourth-order valence-corrected chi connectivity index (χ4v) is 2.45. The van der Waals surface area contributed by atoms with Gasteiger partial charge >= 0.3 is 6.18 Å². The van der Waals surface area contributed by atoms with Crippen molar-refractivity contribution in [2.24, 2.45) is 7.05 Å². The minimum atomic E-state index is -4.53. The van der Waals surface area contributed by atoms with Gasteiger partial charge in [0.2, 0.25) is 5.88 Å². The molecule has 1 amide bonds. The minimum Gasteiger partial charge on any atom is -0.487 e. The van der Waals surface area contributed by atoms with E-state index in [1.807, 2.05) is 0 Å². The van der Waals surface area contributed by atoms with Crippen LogP contribution >= 0.6 is 0 Å². The van der Waals surface area contributed by atoms with Gasteiger partial charge in [0, 0.05) is 25.5 Å². The van der Waals surface area contributed by atoms with E-state index in [1.54, 1.807) is 13.2 Å². The van der Waals surface area contributed by atoms with Gasteiger partial charge in [-0.15, -0.1) is 5.10 Å². The molecular weight excluding hydrogens is 341 g/mol. The molecule has 7 nitrogen and oxygen atoms in total. The summed E-state index contributed by atoms with van der Waals surface area (Å²) >= 11 is 0. The molecule has 0 bridgehead atoms. The zero-order valence-corrected chi connectivity index (χ0v) is 13.4. The van der Waals surface area contributed by atoms with E-state index in [9.17, 15) is 18.0 Å². The van der Waals surface area contributed by atoms with Gasteiger partial charge in [0.1, 0.15) is 23.1 Å². The number of amides is 1. The summed E-state index contributed by atoms with van der Waals surface area (Å²) in [6.45, 7) is 0.529. The number of pyridine rings is 1. The van der Waals surface area contributed by atoms with Crippen molar-refractivity contribution in [3.63, 3.8) is 0 Å². The van der Waals surface area contributed by atoms with E-state index in [0.29, 0.717) is 5.56 Å². The lowest BCUT2D eigenvalue weighted by molar-refractivity contribution is -0.141. The highest BCUT2D eigenvalue weighted by Crippen LogP contribution is 2.30. The van der Waals surface area contributed by atoms with Crippen LogP contribution in [0.15, 0.2) is 24.5 Å². The van der Waals surface area contributed by atoms with Gasteiger partial charge < -0.3 is 14.4 Å². The number of hydrogen-bond donors (Lipinski definition) is 0. The Bertz CT molecular complexity index is 785. The van der Waals surface area contributed by atoms with Crippen molar-refractivity contribution < 1.29 is 27.4 Å². The first kappa shape index (κ1) is 17.1. The van der Waals surface area contributed by atoms with Crippen LogP contribution in [0.2, 0.25) is 0 Å². The average molecular weight is 356 g/mol. The van der Waals surface area contributed by atoms with E-state index in [4.69, 9.17) is 9.47 Å². The largest absolute Gasteiger partial charge is 0.487 e. The van der Waals surface area contributed by atoms with Gasteiger partial charge in [-0.2, -0.15) is 13.2 Å². The van der Waals surface area contributed by atoms with Crippen molar-refractivity contribution in [3.05, 3.63) is 35.8 Å². The molecule has 0 saturated carbocycles. The van der Waals surface area contributed by atoms with Crippen LogP contribution in [-0.2, 0) is 13.2 Å². The number of methoxy groups -OCH3 is 1. The summed E-state index contributed by atoms with van der Waals surface area (Å²) in [5.41, 5.74) is -0.691. The van der Waals surface area contributed by atoms with Gasteiger partial charge in [-0.05, 0) is 6.07 Å². The third-order valence-corrected chi connectivity index (χ3v) is 3.68. The molecular formula is C15H15F3N4O3. The molecule has 0 N–H and O–H groups in total. The van der Waals surface area contributed by atoms with E-state index in [-0.39, 0.29) is 36.7 Å². The molecule has 0 aliphatic carbocycles. The minimum absolute atomic E-state index is 0.0679. The molecule has 1 fully saturated rings. The topological polar surface area (TPSA) is 69.5 Å². The van der Waals surface area contributed by atoms with Crippen LogP contribution in [0.25, 0.3) is 0 Å². The fourth-order valence-electron chi connectivity index (χ4n) is 2.45. The Hall–Kier alpha value is -2.78. The lowest BCUT2D eigenvalue weighted by atomic mass is 10.1. The van der Waals surface area contributed by atoms with Gasteiger partial charge in [0.05, 0.1) is 20.2 Å². The van der Waals surface area contributed by atoms with Crippen molar-refractivity contribution in [2.75, 3.05) is 20.2 Å². The Balaban J connectivity index is 1.60. The highest BCUT2D eigenvalue weighted by Gasteiger charge is 2.36. The molecule has 2 aromatic heterocycles. The molecule has 25 heavy (non-hydrogen) atoms. The third-order valence-electron chi connectivity index (χ3n) is 3.68. The van der Waals surface area contributed by atoms with Crippen molar-refractivity contribution in [2.45, 2.75) is 12.3 Å². The van der Waals surface area contributed by atoms with Gasteiger partial charge in [-0.25, -0.2) is 0 Å². The zero-order chi connectivity index (χ0) is 18.2. The number of rotatable bonds is 4. The number of hydrogen-bond acceptors (Lipinski definition) is 5. The Morgan fingerprint density at radius 2 is 2.08 bits per heavy atom. The van der Waals surface area contributed by atoms with Crippen LogP contribution in [0.3, 0.4) is 0 Å². The molecule has 0 atom stereocenters. The molecule has 3 heterocycles. The molecule has 10 heteroatoms. The number of aromatic nitrogens is 3. The summed E-state index contributed by atoms with van der Waals surface area (Å²) in [4.78, 5) is 17.2. The number of alkyl halides is 3. The molecule has 134 valence electrons. The summed E-state index contributed by atoms with van der Waals surface area (Å²) < 4.78 is 49.9. The maximum absolute atomic E-state index is 12.6. The van der Waals surface area contributed by atoms with Crippen LogP contribution in [0.4, 0.5) is 13.2 Å².